The Bertz CT molecular complexity index is 1060. The van der Waals surface area contributed by atoms with Crippen molar-refractivity contribution in [2.45, 2.75) is 26.3 Å². The fourth-order valence-electron chi connectivity index (χ4n) is 3.17. The van der Waals surface area contributed by atoms with Crippen LogP contribution in [0, 0.1) is 6.92 Å². The Morgan fingerprint density at radius 2 is 1.89 bits per heavy atom. The molecular weight excluding hydrogens is 356 g/mol. The van der Waals surface area contributed by atoms with Crippen LogP contribution in [-0.4, -0.2) is 25.1 Å². The van der Waals surface area contributed by atoms with Crippen molar-refractivity contribution in [1.29, 1.82) is 0 Å². The average molecular weight is 380 g/mol. The van der Waals surface area contributed by atoms with Crippen molar-refractivity contribution in [2.75, 3.05) is 14.2 Å². The van der Waals surface area contributed by atoms with E-state index in [1.54, 1.807) is 20.3 Å². The minimum Gasteiger partial charge on any atom is -0.493 e. The monoisotopic (exact) mass is 380 g/mol. The average Bonchev–Trinajstić information content (AvgIpc) is 2.70. The molecule has 0 atom stereocenters. The third-order valence-corrected chi connectivity index (χ3v) is 4.66. The first-order valence-corrected chi connectivity index (χ1v) is 9.11. The van der Waals surface area contributed by atoms with Crippen molar-refractivity contribution in [3.05, 3.63) is 69.5 Å². The summed E-state index contributed by atoms with van der Waals surface area (Å²) in [4.78, 5) is 27.4. The van der Waals surface area contributed by atoms with Gasteiger partial charge in [0.2, 0.25) is 5.91 Å². The van der Waals surface area contributed by atoms with Crippen molar-refractivity contribution in [3.63, 3.8) is 0 Å². The Kier molecular flexibility index (Phi) is 5.99. The van der Waals surface area contributed by atoms with Crippen LogP contribution in [0.5, 0.6) is 11.5 Å². The number of aromatic amines is 1. The number of fused-ring (bicyclic) bond motifs is 1. The van der Waals surface area contributed by atoms with Gasteiger partial charge in [0.05, 0.1) is 14.2 Å². The summed E-state index contributed by atoms with van der Waals surface area (Å²) in [6, 6.07) is 13.3. The molecule has 28 heavy (non-hydrogen) atoms. The van der Waals surface area contributed by atoms with Gasteiger partial charge >= 0.3 is 0 Å². The smallest absolute Gasteiger partial charge is 0.251 e. The molecule has 0 spiro atoms. The van der Waals surface area contributed by atoms with E-state index in [-0.39, 0.29) is 17.9 Å². The molecule has 6 nitrogen and oxygen atoms in total. The number of aromatic nitrogens is 1. The molecule has 0 bridgehead atoms. The quantitative estimate of drug-likeness (QED) is 0.660. The van der Waals surface area contributed by atoms with Gasteiger partial charge in [-0.2, -0.15) is 0 Å². The lowest BCUT2D eigenvalue weighted by Gasteiger charge is -2.13. The van der Waals surface area contributed by atoms with Gasteiger partial charge in [0.25, 0.3) is 5.56 Å². The molecular formula is C22H24N2O4. The highest BCUT2D eigenvalue weighted by Crippen LogP contribution is 2.30. The summed E-state index contributed by atoms with van der Waals surface area (Å²) >= 11 is 0. The predicted molar refractivity (Wildman–Crippen MR) is 109 cm³/mol. The Balaban J connectivity index is 1.64. The number of methoxy groups -OCH3 is 2. The molecule has 0 aliphatic heterocycles. The van der Waals surface area contributed by atoms with Crippen LogP contribution < -0.4 is 20.3 Å². The van der Waals surface area contributed by atoms with Gasteiger partial charge in [-0.1, -0.05) is 24.3 Å². The van der Waals surface area contributed by atoms with Crippen molar-refractivity contribution < 1.29 is 14.3 Å². The Hall–Kier alpha value is -3.28. The van der Waals surface area contributed by atoms with Crippen LogP contribution in [0.15, 0.2) is 47.3 Å². The molecule has 0 aliphatic rings. The summed E-state index contributed by atoms with van der Waals surface area (Å²) < 4.78 is 10.6. The fourth-order valence-corrected chi connectivity index (χ4v) is 3.17. The summed E-state index contributed by atoms with van der Waals surface area (Å²) in [6.45, 7) is 2.31. The number of benzene rings is 2. The zero-order valence-electron chi connectivity index (χ0n) is 16.3. The molecule has 146 valence electrons. The summed E-state index contributed by atoms with van der Waals surface area (Å²) in [6.07, 6.45) is 0.604. The van der Waals surface area contributed by atoms with Gasteiger partial charge < -0.3 is 19.8 Å². The van der Waals surface area contributed by atoms with Crippen molar-refractivity contribution in [1.82, 2.24) is 10.3 Å². The largest absolute Gasteiger partial charge is 0.493 e. The molecule has 2 N–H and O–H groups in total. The van der Waals surface area contributed by atoms with E-state index < -0.39 is 0 Å². The molecule has 0 unspecified atom stereocenters. The van der Waals surface area contributed by atoms with E-state index >= 15 is 0 Å². The number of amides is 1. The van der Waals surface area contributed by atoms with Gasteiger partial charge in [0.15, 0.2) is 11.5 Å². The van der Waals surface area contributed by atoms with Gasteiger partial charge in [0, 0.05) is 29.6 Å². The molecule has 1 heterocycles. The van der Waals surface area contributed by atoms with E-state index in [2.05, 4.69) is 10.3 Å². The number of hydrogen-bond acceptors (Lipinski definition) is 4. The third-order valence-electron chi connectivity index (χ3n) is 4.66. The Labute approximate surface area is 163 Å². The molecule has 1 amide bonds. The van der Waals surface area contributed by atoms with E-state index in [4.69, 9.17) is 9.47 Å². The van der Waals surface area contributed by atoms with Crippen molar-refractivity contribution >= 4 is 16.8 Å². The second kappa shape index (κ2) is 8.61. The number of carbonyl (C=O) groups is 1. The molecule has 2 aromatic carbocycles. The molecule has 3 aromatic rings. The van der Waals surface area contributed by atoms with Crippen molar-refractivity contribution in [3.8, 4) is 11.5 Å². The number of nitrogens with one attached hydrogen (secondary N) is 2. The number of pyridine rings is 1. The molecule has 0 saturated heterocycles. The lowest BCUT2D eigenvalue weighted by Crippen LogP contribution is -2.24. The number of rotatable bonds is 7. The highest BCUT2D eigenvalue weighted by Gasteiger charge is 2.11. The summed E-state index contributed by atoms with van der Waals surface area (Å²) in [5.74, 6) is 1.09. The number of para-hydroxylation sites is 1. The zero-order valence-corrected chi connectivity index (χ0v) is 16.3. The van der Waals surface area contributed by atoms with Crippen LogP contribution >= 0.6 is 0 Å². The van der Waals surface area contributed by atoms with Crippen LogP contribution in [0.1, 0.15) is 23.1 Å². The molecule has 0 fully saturated rings. The van der Waals surface area contributed by atoms with Crippen LogP contribution in [0.4, 0.5) is 0 Å². The summed E-state index contributed by atoms with van der Waals surface area (Å²) in [5, 5.41) is 3.83. The topological polar surface area (TPSA) is 80.4 Å². The number of aryl methyl sites for hydroxylation is 2. The predicted octanol–water partition coefficient (Wildman–Crippen LogP) is 3.10. The maximum atomic E-state index is 12.3. The molecule has 6 heteroatoms. The lowest BCUT2D eigenvalue weighted by atomic mass is 10.1. The number of hydrogen-bond donors (Lipinski definition) is 2. The number of carbonyl (C=O) groups excluding carboxylic acids is 1. The maximum Gasteiger partial charge on any atom is 0.251 e. The van der Waals surface area contributed by atoms with Crippen molar-refractivity contribution in [2.24, 2.45) is 0 Å². The van der Waals surface area contributed by atoms with Gasteiger partial charge in [0.1, 0.15) is 0 Å². The van der Waals surface area contributed by atoms with Gasteiger partial charge in [-0.05, 0) is 42.5 Å². The highest BCUT2D eigenvalue weighted by atomic mass is 16.5. The van der Waals surface area contributed by atoms with Crippen LogP contribution in [0.3, 0.4) is 0 Å². The van der Waals surface area contributed by atoms with Gasteiger partial charge in [-0.15, -0.1) is 0 Å². The summed E-state index contributed by atoms with van der Waals surface area (Å²) in [5.41, 5.74) is 3.17. The first kappa shape index (κ1) is 19.5. The molecule has 0 saturated carbocycles. The second-order valence-electron chi connectivity index (χ2n) is 6.64. The maximum absolute atomic E-state index is 12.3. The van der Waals surface area contributed by atoms with Crippen LogP contribution in [-0.2, 0) is 17.8 Å². The van der Waals surface area contributed by atoms with E-state index in [0.29, 0.717) is 30.0 Å². The van der Waals surface area contributed by atoms with Crippen LogP contribution in [0.2, 0.25) is 0 Å². The molecule has 3 rings (SSSR count). The minimum absolute atomic E-state index is 0.131. The first-order chi connectivity index (χ1) is 13.5. The Morgan fingerprint density at radius 1 is 1.07 bits per heavy atom. The first-order valence-electron chi connectivity index (χ1n) is 9.11. The molecule has 0 aliphatic carbocycles. The van der Waals surface area contributed by atoms with Gasteiger partial charge in [-0.25, -0.2) is 0 Å². The number of ether oxygens (including phenoxy) is 2. The van der Waals surface area contributed by atoms with E-state index in [1.807, 2.05) is 43.3 Å². The SMILES string of the molecule is COc1cccc(CNC(=O)CCc2cc3ccc(C)cc3[nH]c2=O)c1OC. The third kappa shape index (κ3) is 4.34. The second-order valence-corrected chi connectivity index (χ2v) is 6.64. The lowest BCUT2D eigenvalue weighted by molar-refractivity contribution is -0.121. The number of H-pyrrole nitrogens is 1. The van der Waals surface area contributed by atoms with E-state index in [0.717, 1.165) is 22.0 Å². The highest BCUT2D eigenvalue weighted by molar-refractivity contribution is 5.80. The molecule has 0 radical (unpaired) electrons. The Morgan fingerprint density at radius 3 is 2.64 bits per heavy atom. The minimum atomic E-state index is -0.152. The zero-order chi connectivity index (χ0) is 20.1. The van der Waals surface area contributed by atoms with Crippen LogP contribution in [0.25, 0.3) is 10.9 Å². The standard InChI is InChI=1S/C22H24N2O4/c1-14-7-8-15-12-16(22(26)24-18(15)11-14)9-10-20(25)23-13-17-5-4-6-19(27-2)21(17)28-3/h4-8,11-12H,9-10,13H2,1-3H3,(H,23,25)(H,24,26). The van der Waals surface area contributed by atoms with E-state index in [9.17, 15) is 9.59 Å². The molecule has 1 aromatic heterocycles. The fraction of sp³-hybridized carbons (Fsp3) is 0.273. The van der Waals surface area contributed by atoms with E-state index in [1.165, 1.54) is 0 Å². The van der Waals surface area contributed by atoms with Gasteiger partial charge in [-0.3, -0.25) is 9.59 Å². The normalized spacial score (nSPS) is 10.7. The summed E-state index contributed by atoms with van der Waals surface area (Å²) in [7, 11) is 3.14.